The van der Waals surface area contributed by atoms with E-state index in [2.05, 4.69) is 13.0 Å². The van der Waals surface area contributed by atoms with Gasteiger partial charge >= 0.3 is 0 Å². The summed E-state index contributed by atoms with van der Waals surface area (Å²) in [4.78, 5) is 0. The third kappa shape index (κ3) is 3.78. The lowest BCUT2D eigenvalue weighted by atomic mass is 9.73. The van der Waals surface area contributed by atoms with E-state index in [0.717, 1.165) is 50.5 Å². The quantitative estimate of drug-likeness (QED) is 0.665. The summed E-state index contributed by atoms with van der Waals surface area (Å²) in [5.41, 5.74) is 2.34. The van der Waals surface area contributed by atoms with Crippen LogP contribution in [-0.4, -0.2) is 27.5 Å². The predicted molar refractivity (Wildman–Crippen MR) is 96.0 cm³/mol. The van der Waals surface area contributed by atoms with Crippen molar-refractivity contribution in [3.05, 3.63) is 29.3 Å². The summed E-state index contributed by atoms with van der Waals surface area (Å²) >= 11 is 0. The van der Waals surface area contributed by atoms with Crippen LogP contribution in [0.25, 0.3) is 0 Å². The Bertz CT molecular complexity index is 542. The molecule has 1 aromatic rings. The fourth-order valence-corrected chi connectivity index (χ4v) is 4.98. The molecule has 0 spiro atoms. The number of aromatic hydroxyl groups is 1. The van der Waals surface area contributed by atoms with Crippen molar-refractivity contribution < 1.29 is 15.3 Å². The zero-order valence-corrected chi connectivity index (χ0v) is 14.8. The number of aliphatic hydroxyl groups is 2. The molecule has 3 nitrogen and oxygen atoms in total. The minimum atomic E-state index is -0.251. The number of hydrogen-bond donors (Lipinski definition) is 3. The molecule has 0 amide bonds. The molecule has 2 aliphatic carbocycles. The molecule has 134 valence electrons. The van der Waals surface area contributed by atoms with E-state index < -0.39 is 0 Å². The minimum Gasteiger partial charge on any atom is -0.508 e. The molecule has 1 unspecified atom stereocenters. The Morgan fingerprint density at radius 1 is 1.17 bits per heavy atom. The highest BCUT2D eigenvalue weighted by molar-refractivity contribution is 5.42. The van der Waals surface area contributed by atoms with Crippen LogP contribution >= 0.6 is 0 Å². The lowest BCUT2D eigenvalue weighted by molar-refractivity contribution is 0.0869. The number of hydrogen-bond acceptors (Lipinski definition) is 3. The molecule has 1 aromatic carbocycles. The highest BCUT2D eigenvalue weighted by Gasteiger charge is 2.44. The normalized spacial score (nSPS) is 30.0. The Kier molecular flexibility index (Phi) is 5.83. The molecular weight excluding hydrogens is 300 g/mol. The van der Waals surface area contributed by atoms with E-state index >= 15 is 0 Å². The molecule has 5 atom stereocenters. The molecular formula is C21H32O3. The van der Waals surface area contributed by atoms with Crippen LogP contribution in [-0.2, 0) is 12.8 Å². The molecule has 3 heteroatoms. The summed E-state index contributed by atoms with van der Waals surface area (Å²) in [7, 11) is 0. The molecule has 2 aliphatic rings. The number of phenols is 1. The van der Waals surface area contributed by atoms with Gasteiger partial charge in [-0.25, -0.2) is 0 Å². The summed E-state index contributed by atoms with van der Waals surface area (Å²) in [6.07, 6.45) is 8.31. The third-order valence-corrected chi connectivity index (χ3v) is 6.34. The van der Waals surface area contributed by atoms with Crippen molar-refractivity contribution in [3.8, 4) is 5.75 Å². The summed E-state index contributed by atoms with van der Waals surface area (Å²) in [6.45, 7) is 2.18. The Balaban J connectivity index is 1.59. The van der Waals surface area contributed by atoms with Crippen molar-refractivity contribution in [2.24, 2.45) is 17.8 Å². The number of benzene rings is 1. The zero-order chi connectivity index (χ0) is 17.1. The molecule has 0 bridgehead atoms. The van der Waals surface area contributed by atoms with Gasteiger partial charge in [0.05, 0.1) is 12.2 Å². The second-order valence-corrected chi connectivity index (χ2v) is 7.94. The smallest absolute Gasteiger partial charge is 0.119 e. The van der Waals surface area contributed by atoms with E-state index in [0.29, 0.717) is 23.5 Å². The van der Waals surface area contributed by atoms with Gasteiger partial charge in [0.1, 0.15) is 5.75 Å². The number of rotatable bonds is 7. The topological polar surface area (TPSA) is 60.7 Å². The molecule has 0 aliphatic heterocycles. The largest absolute Gasteiger partial charge is 0.508 e. The summed E-state index contributed by atoms with van der Waals surface area (Å²) in [5.74, 6) is 1.68. The lowest BCUT2D eigenvalue weighted by Crippen LogP contribution is -2.27. The van der Waals surface area contributed by atoms with Gasteiger partial charge in [-0.1, -0.05) is 38.3 Å². The maximum absolute atomic E-state index is 10.6. The minimum absolute atomic E-state index is 0.220. The predicted octanol–water partition coefficient (Wildman–Crippen LogP) is 3.83. The first kappa shape index (κ1) is 17.8. The highest BCUT2D eigenvalue weighted by atomic mass is 16.3. The lowest BCUT2D eigenvalue weighted by Gasteiger charge is -2.32. The number of fused-ring (bicyclic) bond motifs is 2. The fraction of sp³-hybridized carbons (Fsp3) is 0.714. The Labute approximate surface area is 145 Å². The van der Waals surface area contributed by atoms with Crippen LogP contribution in [0, 0.1) is 17.8 Å². The Morgan fingerprint density at radius 2 is 2.00 bits per heavy atom. The first-order chi connectivity index (χ1) is 11.6. The van der Waals surface area contributed by atoms with E-state index in [9.17, 15) is 15.3 Å². The van der Waals surface area contributed by atoms with Crippen LogP contribution in [0.15, 0.2) is 18.2 Å². The average molecular weight is 332 g/mol. The SMILES string of the molecule is CCCCC[C@H](O)CCC1[C@H](O)C[C@@H]2Cc3c(O)cccc3C[C@H]12. The van der Waals surface area contributed by atoms with Gasteiger partial charge in [0, 0.05) is 0 Å². The van der Waals surface area contributed by atoms with Gasteiger partial charge in [-0.05, 0) is 73.5 Å². The Hall–Kier alpha value is -1.06. The third-order valence-electron chi connectivity index (χ3n) is 6.34. The maximum Gasteiger partial charge on any atom is 0.119 e. The second kappa shape index (κ2) is 7.88. The van der Waals surface area contributed by atoms with E-state index in [4.69, 9.17) is 0 Å². The molecule has 0 saturated heterocycles. The first-order valence-electron chi connectivity index (χ1n) is 9.76. The molecule has 0 aromatic heterocycles. The Morgan fingerprint density at radius 3 is 2.79 bits per heavy atom. The van der Waals surface area contributed by atoms with Gasteiger partial charge in [-0.3, -0.25) is 0 Å². The summed E-state index contributed by atoms with van der Waals surface area (Å²) in [6, 6.07) is 5.81. The van der Waals surface area contributed by atoms with Crippen molar-refractivity contribution >= 4 is 0 Å². The van der Waals surface area contributed by atoms with E-state index in [1.54, 1.807) is 6.07 Å². The van der Waals surface area contributed by atoms with Crippen molar-refractivity contribution in [1.29, 1.82) is 0 Å². The van der Waals surface area contributed by atoms with Crippen molar-refractivity contribution in [2.45, 2.75) is 76.9 Å². The molecule has 1 fully saturated rings. The van der Waals surface area contributed by atoms with Crippen molar-refractivity contribution in [2.75, 3.05) is 0 Å². The average Bonchev–Trinajstić information content (AvgIpc) is 2.86. The molecule has 1 saturated carbocycles. The van der Waals surface area contributed by atoms with E-state index in [-0.39, 0.29) is 12.2 Å². The van der Waals surface area contributed by atoms with Gasteiger partial charge < -0.3 is 15.3 Å². The van der Waals surface area contributed by atoms with Crippen LogP contribution < -0.4 is 0 Å². The fourth-order valence-electron chi connectivity index (χ4n) is 4.98. The first-order valence-corrected chi connectivity index (χ1v) is 9.76. The van der Waals surface area contributed by atoms with Crippen LogP contribution in [0.3, 0.4) is 0 Å². The highest BCUT2D eigenvalue weighted by Crippen LogP contribution is 2.48. The second-order valence-electron chi connectivity index (χ2n) is 7.94. The van der Waals surface area contributed by atoms with Gasteiger partial charge in [0.2, 0.25) is 0 Å². The van der Waals surface area contributed by atoms with Gasteiger partial charge in [0.25, 0.3) is 0 Å². The van der Waals surface area contributed by atoms with E-state index in [1.165, 1.54) is 18.4 Å². The molecule has 3 rings (SSSR count). The summed E-state index contributed by atoms with van der Waals surface area (Å²) < 4.78 is 0. The summed E-state index contributed by atoms with van der Waals surface area (Å²) in [5, 5.41) is 30.8. The van der Waals surface area contributed by atoms with Crippen LogP contribution in [0.2, 0.25) is 0 Å². The van der Waals surface area contributed by atoms with Crippen molar-refractivity contribution in [1.82, 2.24) is 0 Å². The van der Waals surface area contributed by atoms with Crippen LogP contribution in [0.1, 0.15) is 63.0 Å². The van der Waals surface area contributed by atoms with Crippen molar-refractivity contribution in [3.63, 3.8) is 0 Å². The van der Waals surface area contributed by atoms with Gasteiger partial charge in [0.15, 0.2) is 0 Å². The number of aliphatic hydroxyl groups excluding tert-OH is 2. The molecule has 24 heavy (non-hydrogen) atoms. The number of unbranched alkanes of at least 4 members (excludes halogenated alkanes) is 2. The van der Waals surface area contributed by atoms with Gasteiger partial charge in [-0.2, -0.15) is 0 Å². The number of phenolic OH excluding ortho intramolecular Hbond substituents is 1. The van der Waals surface area contributed by atoms with E-state index in [1.807, 2.05) is 6.07 Å². The maximum atomic E-state index is 10.6. The van der Waals surface area contributed by atoms with Crippen LogP contribution in [0.4, 0.5) is 0 Å². The monoisotopic (exact) mass is 332 g/mol. The molecule has 0 radical (unpaired) electrons. The van der Waals surface area contributed by atoms with Crippen LogP contribution in [0.5, 0.6) is 5.75 Å². The van der Waals surface area contributed by atoms with Gasteiger partial charge in [-0.15, -0.1) is 0 Å². The zero-order valence-electron chi connectivity index (χ0n) is 14.8. The standard InChI is InChI=1S/C21H32O3/c1-2-3-4-7-16(22)9-10-17-18-11-14-6-5-8-20(23)19(14)12-15(18)13-21(17)24/h5-6,8,15-18,21-24H,2-4,7,9-13H2,1H3/t15-,16-,17?,18-,21+/m0/s1. The molecule has 0 heterocycles. The molecule has 3 N–H and O–H groups in total.